The Hall–Kier alpha value is -1.31. The van der Waals surface area contributed by atoms with Crippen molar-refractivity contribution in [2.75, 3.05) is 6.54 Å². The van der Waals surface area contributed by atoms with Crippen LogP contribution < -0.4 is 5.32 Å². The topological polar surface area (TPSA) is 29.1 Å². The number of carbonyl (C=O) groups excluding carboxylic acids is 1. The van der Waals surface area contributed by atoms with Gasteiger partial charge < -0.3 is 5.32 Å². The lowest BCUT2D eigenvalue weighted by molar-refractivity contribution is 0.0952. The highest BCUT2D eigenvalue weighted by Crippen LogP contribution is 2.15. The zero-order chi connectivity index (χ0) is 12.1. The van der Waals surface area contributed by atoms with Crippen molar-refractivity contribution in [3.05, 3.63) is 34.4 Å². The molecule has 0 aliphatic carbocycles. The summed E-state index contributed by atoms with van der Waals surface area (Å²) in [5, 5.41) is 2.95. The van der Waals surface area contributed by atoms with Crippen molar-refractivity contribution >= 4 is 5.91 Å². The average Bonchev–Trinajstić information content (AvgIpc) is 2.23. The quantitative estimate of drug-likeness (QED) is 0.774. The Balaban J connectivity index is 2.79. The van der Waals surface area contributed by atoms with E-state index in [0.717, 1.165) is 30.5 Å². The van der Waals surface area contributed by atoms with Crippen LogP contribution in [0.25, 0.3) is 0 Å². The molecule has 0 aliphatic heterocycles. The van der Waals surface area contributed by atoms with E-state index in [1.54, 1.807) is 0 Å². The fourth-order valence-electron chi connectivity index (χ4n) is 1.68. The summed E-state index contributed by atoms with van der Waals surface area (Å²) < 4.78 is 0. The van der Waals surface area contributed by atoms with E-state index in [1.807, 2.05) is 19.9 Å². The minimum Gasteiger partial charge on any atom is -0.352 e. The number of hydrogen-bond acceptors (Lipinski definition) is 1. The van der Waals surface area contributed by atoms with E-state index < -0.39 is 0 Å². The van der Waals surface area contributed by atoms with Crippen molar-refractivity contribution in [3.8, 4) is 0 Å². The fourth-order valence-corrected chi connectivity index (χ4v) is 1.68. The van der Waals surface area contributed by atoms with Crippen molar-refractivity contribution in [3.63, 3.8) is 0 Å². The molecule has 0 radical (unpaired) electrons. The minimum absolute atomic E-state index is 0.0500. The van der Waals surface area contributed by atoms with Crippen molar-refractivity contribution in [1.82, 2.24) is 5.32 Å². The van der Waals surface area contributed by atoms with E-state index in [-0.39, 0.29) is 5.91 Å². The third-order valence-electron chi connectivity index (χ3n) is 2.90. The molecule has 0 fully saturated rings. The highest BCUT2D eigenvalue weighted by molar-refractivity contribution is 5.95. The predicted octanol–water partition coefficient (Wildman–Crippen LogP) is 3.14. The fraction of sp³-hybridized carbons (Fsp3) is 0.500. The molecule has 2 heteroatoms. The molecule has 0 aliphatic rings. The highest BCUT2D eigenvalue weighted by atomic mass is 16.1. The number of benzene rings is 1. The minimum atomic E-state index is 0.0500. The summed E-state index contributed by atoms with van der Waals surface area (Å²) in [7, 11) is 0. The molecule has 0 heterocycles. The molecule has 88 valence electrons. The first-order chi connectivity index (χ1) is 7.56. The zero-order valence-electron chi connectivity index (χ0n) is 10.7. The molecule has 0 spiro atoms. The van der Waals surface area contributed by atoms with Crippen LogP contribution in [-0.4, -0.2) is 12.5 Å². The van der Waals surface area contributed by atoms with Gasteiger partial charge in [-0.25, -0.2) is 0 Å². The van der Waals surface area contributed by atoms with E-state index in [4.69, 9.17) is 0 Å². The van der Waals surface area contributed by atoms with Gasteiger partial charge >= 0.3 is 0 Å². The smallest absolute Gasteiger partial charge is 0.251 e. The third-order valence-corrected chi connectivity index (χ3v) is 2.90. The van der Waals surface area contributed by atoms with E-state index >= 15 is 0 Å². The van der Waals surface area contributed by atoms with Crippen LogP contribution in [0.3, 0.4) is 0 Å². The van der Waals surface area contributed by atoms with Gasteiger partial charge in [0.1, 0.15) is 0 Å². The van der Waals surface area contributed by atoms with Gasteiger partial charge in [0.05, 0.1) is 0 Å². The van der Waals surface area contributed by atoms with Crippen molar-refractivity contribution in [2.45, 2.75) is 40.5 Å². The van der Waals surface area contributed by atoms with E-state index in [1.165, 1.54) is 11.1 Å². The molecule has 0 saturated carbocycles. The number of aryl methyl sites for hydroxylation is 3. The normalized spacial score (nSPS) is 10.2. The summed E-state index contributed by atoms with van der Waals surface area (Å²) in [6.07, 6.45) is 2.14. The summed E-state index contributed by atoms with van der Waals surface area (Å²) in [5.41, 5.74) is 4.27. The van der Waals surface area contributed by atoms with Gasteiger partial charge in [0.15, 0.2) is 0 Å². The Morgan fingerprint density at radius 1 is 1.12 bits per heavy atom. The van der Waals surface area contributed by atoms with Gasteiger partial charge in [-0.2, -0.15) is 0 Å². The molecular weight excluding hydrogens is 198 g/mol. The second kappa shape index (κ2) is 5.69. The summed E-state index contributed by atoms with van der Waals surface area (Å²) in [6, 6.07) is 4.05. The molecule has 1 aromatic rings. The number of amides is 1. The van der Waals surface area contributed by atoms with Gasteiger partial charge in [-0.15, -0.1) is 0 Å². The Morgan fingerprint density at radius 2 is 1.75 bits per heavy atom. The first-order valence-corrected chi connectivity index (χ1v) is 5.92. The van der Waals surface area contributed by atoms with Gasteiger partial charge in [-0.05, 0) is 49.9 Å². The van der Waals surface area contributed by atoms with Crippen molar-refractivity contribution in [2.24, 2.45) is 0 Å². The number of carbonyl (C=O) groups is 1. The molecule has 0 aromatic heterocycles. The molecule has 1 N–H and O–H groups in total. The van der Waals surface area contributed by atoms with Gasteiger partial charge in [-0.3, -0.25) is 4.79 Å². The molecule has 1 rings (SSSR count). The predicted molar refractivity (Wildman–Crippen MR) is 67.9 cm³/mol. The molecule has 0 unspecified atom stereocenters. The maximum absolute atomic E-state index is 11.9. The van der Waals surface area contributed by atoms with Crippen LogP contribution in [0.15, 0.2) is 12.1 Å². The average molecular weight is 219 g/mol. The van der Waals surface area contributed by atoms with E-state index in [2.05, 4.69) is 25.2 Å². The second-order valence-corrected chi connectivity index (χ2v) is 4.36. The maximum atomic E-state index is 11.9. The van der Waals surface area contributed by atoms with E-state index in [9.17, 15) is 4.79 Å². The molecule has 0 saturated heterocycles. The molecule has 0 atom stereocenters. The Kier molecular flexibility index (Phi) is 4.53. The number of rotatable bonds is 4. The van der Waals surface area contributed by atoms with Crippen molar-refractivity contribution in [1.29, 1.82) is 0 Å². The summed E-state index contributed by atoms with van der Waals surface area (Å²) in [4.78, 5) is 11.9. The summed E-state index contributed by atoms with van der Waals surface area (Å²) in [6.45, 7) is 8.98. The Labute approximate surface area is 98.1 Å². The lowest BCUT2D eigenvalue weighted by Gasteiger charge is -2.10. The monoisotopic (exact) mass is 219 g/mol. The van der Waals surface area contributed by atoms with Crippen LogP contribution in [0, 0.1) is 20.8 Å². The van der Waals surface area contributed by atoms with Crippen LogP contribution in [-0.2, 0) is 0 Å². The highest BCUT2D eigenvalue weighted by Gasteiger charge is 2.09. The Morgan fingerprint density at radius 3 is 2.38 bits per heavy atom. The molecule has 16 heavy (non-hydrogen) atoms. The SMILES string of the molecule is CCCCNC(=O)c1cc(C)c(C)cc1C. The first kappa shape index (κ1) is 12.8. The van der Waals surface area contributed by atoms with Gasteiger partial charge in [-0.1, -0.05) is 19.4 Å². The van der Waals surface area contributed by atoms with Gasteiger partial charge in [0.2, 0.25) is 0 Å². The Bertz CT molecular complexity index is 383. The molecule has 2 nitrogen and oxygen atoms in total. The molecule has 1 amide bonds. The molecule has 0 bridgehead atoms. The second-order valence-electron chi connectivity index (χ2n) is 4.36. The number of unbranched alkanes of at least 4 members (excludes halogenated alkanes) is 1. The zero-order valence-corrected chi connectivity index (χ0v) is 10.7. The van der Waals surface area contributed by atoms with Crippen LogP contribution in [0.4, 0.5) is 0 Å². The molecule has 1 aromatic carbocycles. The van der Waals surface area contributed by atoms with Crippen molar-refractivity contribution < 1.29 is 4.79 Å². The molecular formula is C14H21NO. The van der Waals surface area contributed by atoms with Crippen LogP contribution in [0.5, 0.6) is 0 Å². The first-order valence-electron chi connectivity index (χ1n) is 5.92. The van der Waals surface area contributed by atoms with Crippen LogP contribution in [0.1, 0.15) is 46.8 Å². The summed E-state index contributed by atoms with van der Waals surface area (Å²) in [5.74, 6) is 0.0500. The summed E-state index contributed by atoms with van der Waals surface area (Å²) >= 11 is 0. The van der Waals surface area contributed by atoms with E-state index in [0.29, 0.717) is 0 Å². The van der Waals surface area contributed by atoms with Crippen LogP contribution in [0.2, 0.25) is 0 Å². The third kappa shape index (κ3) is 3.09. The van der Waals surface area contributed by atoms with Gasteiger partial charge in [0.25, 0.3) is 5.91 Å². The number of hydrogen-bond donors (Lipinski definition) is 1. The lowest BCUT2D eigenvalue weighted by Crippen LogP contribution is -2.25. The number of nitrogens with one attached hydrogen (secondary N) is 1. The maximum Gasteiger partial charge on any atom is 0.251 e. The largest absolute Gasteiger partial charge is 0.352 e. The van der Waals surface area contributed by atoms with Gasteiger partial charge in [0, 0.05) is 12.1 Å². The standard InChI is InChI=1S/C14H21NO/c1-5-6-7-15-14(16)13-9-11(3)10(2)8-12(13)4/h8-9H,5-7H2,1-4H3,(H,15,16). The van der Waals surface area contributed by atoms with Crippen LogP contribution >= 0.6 is 0 Å². The lowest BCUT2D eigenvalue weighted by atomic mass is 10.0.